The molecule has 0 aliphatic carbocycles. The average Bonchev–Trinajstić information content (AvgIpc) is 2.46. The van der Waals surface area contributed by atoms with Crippen molar-refractivity contribution in [3.8, 4) is 0 Å². The quantitative estimate of drug-likeness (QED) is 0.882. The summed E-state index contributed by atoms with van der Waals surface area (Å²) in [5.41, 5.74) is 4.47. The molecule has 0 fully saturated rings. The Hall–Kier alpha value is -2.29. The number of carbonyl (C=O) groups excluding carboxylic acids is 1. The van der Waals surface area contributed by atoms with E-state index in [2.05, 4.69) is 29.7 Å². The summed E-state index contributed by atoms with van der Waals surface area (Å²) in [6.07, 6.45) is 0. The van der Waals surface area contributed by atoms with E-state index in [-0.39, 0.29) is 11.9 Å². The van der Waals surface area contributed by atoms with Gasteiger partial charge in [0.15, 0.2) is 0 Å². The Bertz CT molecular complexity index is 605. The zero-order valence-corrected chi connectivity index (χ0v) is 12.8. The van der Waals surface area contributed by atoms with E-state index in [9.17, 15) is 4.79 Å². The second kappa shape index (κ2) is 6.93. The zero-order valence-electron chi connectivity index (χ0n) is 12.8. The number of hydrogen-bond acceptors (Lipinski definition) is 2. The molecular formula is C18H22N2O. The number of aryl methyl sites for hydroxylation is 2. The topological polar surface area (TPSA) is 41.1 Å². The van der Waals surface area contributed by atoms with Crippen molar-refractivity contribution in [1.82, 2.24) is 5.32 Å². The van der Waals surface area contributed by atoms with Crippen molar-refractivity contribution in [3.63, 3.8) is 0 Å². The van der Waals surface area contributed by atoms with E-state index in [1.165, 1.54) is 11.1 Å². The van der Waals surface area contributed by atoms with Crippen molar-refractivity contribution >= 4 is 11.6 Å². The van der Waals surface area contributed by atoms with Gasteiger partial charge in [0.2, 0.25) is 5.91 Å². The molecule has 0 saturated carbocycles. The lowest BCUT2D eigenvalue weighted by molar-refractivity contribution is -0.121. The van der Waals surface area contributed by atoms with Gasteiger partial charge in [0.25, 0.3) is 0 Å². The van der Waals surface area contributed by atoms with E-state index in [4.69, 9.17) is 0 Å². The fourth-order valence-electron chi connectivity index (χ4n) is 2.10. The number of benzene rings is 2. The maximum atomic E-state index is 12.1. The highest BCUT2D eigenvalue weighted by Gasteiger charge is 2.11. The van der Waals surface area contributed by atoms with Gasteiger partial charge in [-0.2, -0.15) is 0 Å². The van der Waals surface area contributed by atoms with Gasteiger partial charge < -0.3 is 10.6 Å². The summed E-state index contributed by atoms with van der Waals surface area (Å²) in [7, 11) is 0. The maximum absolute atomic E-state index is 12.1. The van der Waals surface area contributed by atoms with Gasteiger partial charge in [-0.15, -0.1) is 0 Å². The lowest BCUT2D eigenvalue weighted by atomic mass is 10.1. The predicted octanol–water partition coefficient (Wildman–Crippen LogP) is 3.42. The maximum Gasteiger partial charge on any atom is 0.242 e. The molecule has 0 aliphatic heterocycles. The van der Waals surface area contributed by atoms with Crippen LogP contribution in [0.5, 0.6) is 0 Å². The van der Waals surface area contributed by atoms with Gasteiger partial charge in [0.05, 0.1) is 0 Å². The molecule has 0 spiro atoms. The summed E-state index contributed by atoms with van der Waals surface area (Å²) in [6, 6.07) is 15.9. The van der Waals surface area contributed by atoms with Crippen LogP contribution >= 0.6 is 0 Å². The number of rotatable bonds is 5. The van der Waals surface area contributed by atoms with Crippen LogP contribution in [0.4, 0.5) is 5.69 Å². The number of anilines is 1. The molecule has 0 aromatic heterocycles. The van der Waals surface area contributed by atoms with Crippen LogP contribution in [0.25, 0.3) is 0 Å². The smallest absolute Gasteiger partial charge is 0.242 e. The molecule has 2 aromatic carbocycles. The normalized spacial score (nSPS) is 11.8. The van der Waals surface area contributed by atoms with Crippen molar-refractivity contribution in [2.75, 3.05) is 5.32 Å². The van der Waals surface area contributed by atoms with E-state index < -0.39 is 0 Å². The molecule has 0 heterocycles. The molecule has 3 heteroatoms. The SMILES string of the molecule is Cc1ccc(CNC(=O)[C@H](C)Nc2cccc(C)c2)cc1. The standard InChI is InChI=1S/C18H22N2O/c1-13-7-9-16(10-8-13)12-19-18(21)15(3)20-17-6-4-5-14(2)11-17/h4-11,15,20H,12H2,1-3H3,(H,19,21)/t15-/m0/s1. The van der Waals surface area contributed by atoms with Gasteiger partial charge >= 0.3 is 0 Å². The number of hydrogen-bond donors (Lipinski definition) is 2. The van der Waals surface area contributed by atoms with Gasteiger partial charge in [-0.1, -0.05) is 42.0 Å². The Balaban J connectivity index is 1.86. The first-order valence-electron chi connectivity index (χ1n) is 7.21. The summed E-state index contributed by atoms with van der Waals surface area (Å²) in [4.78, 5) is 12.1. The molecule has 2 aromatic rings. The molecule has 0 bridgehead atoms. The summed E-state index contributed by atoms with van der Waals surface area (Å²) in [5, 5.41) is 6.17. The molecule has 0 aliphatic rings. The summed E-state index contributed by atoms with van der Waals surface area (Å²) in [5.74, 6) is -0.00270. The largest absolute Gasteiger partial charge is 0.374 e. The molecule has 110 valence electrons. The summed E-state index contributed by atoms with van der Waals surface area (Å²) >= 11 is 0. The van der Waals surface area contributed by atoms with Crippen molar-refractivity contribution in [2.45, 2.75) is 33.4 Å². The summed E-state index contributed by atoms with van der Waals surface area (Å²) in [6.45, 7) is 6.51. The van der Waals surface area contributed by atoms with Crippen molar-refractivity contribution < 1.29 is 4.79 Å². The Labute approximate surface area is 126 Å². The number of carbonyl (C=O) groups is 1. The minimum Gasteiger partial charge on any atom is -0.374 e. The van der Waals surface area contributed by atoms with Crippen LogP contribution in [-0.4, -0.2) is 11.9 Å². The molecule has 0 unspecified atom stereocenters. The first-order chi connectivity index (χ1) is 10.0. The molecule has 0 radical (unpaired) electrons. The number of amides is 1. The van der Waals surface area contributed by atoms with E-state index in [0.717, 1.165) is 11.3 Å². The van der Waals surface area contributed by atoms with Crippen LogP contribution in [0.15, 0.2) is 48.5 Å². The van der Waals surface area contributed by atoms with Crippen LogP contribution in [0.1, 0.15) is 23.6 Å². The van der Waals surface area contributed by atoms with Crippen molar-refractivity contribution in [3.05, 3.63) is 65.2 Å². The zero-order chi connectivity index (χ0) is 15.2. The summed E-state index contributed by atoms with van der Waals surface area (Å²) < 4.78 is 0. The first-order valence-corrected chi connectivity index (χ1v) is 7.21. The van der Waals surface area contributed by atoms with Crippen LogP contribution < -0.4 is 10.6 Å². The molecule has 1 amide bonds. The minimum atomic E-state index is -0.266. The van der Waals surface area contributed by atoms with Crippen LogP contribution in [0.2, 0.25) is 0 Å². The van der Waals surface area contributed by atoms with E-state index >= 15 is 0 Å². The van der Waals surface area contributed by atoms with Gasteiger partial charge in [-0.3, -0.25) is 4.79 Å². The molecular weight excluding hydrogens is 260 g/mol. The van der Waals surface area contributed by atoms with Crippen LogP contribution in [0, 0.1) is 13.8 Å². The van der Waals surface area contributed by atoms with E-state index in [1.54, 1.807) is 0 Å². The minimum absolute atomic E-state index is 0.00270. The molecule has 0 saturated heterocycles. The molecule has 2 N–H and O–H groups in total. The monoisotopic (exact) mass is 282 g/mol. The lowest BCUT2D eigenvalue weighted by Crippen LogP contribution is -2.37. The third-order valence-electron chi connectivity index (χ3n) is 3.38. The van der Waals surface area contributed by atoms with Crippen LogP contribution in [-0.2, 0) is 11.3 Å². The van der Waals surface area contributed by atoms with Gasteiger partial charge in [0, 0.05) is 12.2 Å². The second-order valence-corrected chi connectivity index (χ2v) is 5.44. The van der Waals surface area contributed by atoms with Crippen LogP contribution in [0.3, 0.4) is 0 Å². The van der Waals surface area contributed by atoms with Crippen molar-refractivity contribution in [2.24, 2.45) is 0 Å². The van der Waals surface area contributed by atoms with Gasteiger partial charge in [0.1, 0.15) is 6.04 Å². The van der Waals surface area contributed by atoms with E-state index in [0.29, 0.717) is 6.54 Å². The molecule has 21 heavy (non-hydrogen) atoms. The Morgan fingerprint density at radius 3 is 2.43 bits per heavy atom. The number of nitrogens with one attached hydrogen (secondary N) is 2. The average molecular weight is 282 g/mol. The molecule has 2 rings (SSSR count). The highest BCUT2D eigenvalue weighted by atomic mass is 16.2. The van der Waals surface area contributed by atoms with Gasteiger partial charge in [-0.05, 0) is 44.0 Å². The second-order valence-electron chi connectivity index (χ2n) is 5.44. The predicted molar refractivity (Wildman–Crippen MR) is 87.3 cm³/mol. The highest BCUT2D eigenvalue weighted by Crippen LogP contribution is 2.11. The molecule has 3 nitrogen and oxygen atoms in total. The fourth-order valence-corrected chi connectivity index (χ4v) is 2.10. The van der Waals surface area contributed by atoms with E-state index in [1.807, 2.05) is 50.2 Å². The highest BCUT2D eigenvalue weighted by molar-refractivity contribution is 5.84. The lowest BCUT2D eigenvalue weighted by Gasteiger charge is -2.15. The Morgan fingerprint density at radius 2 is 1.76 bits per heavy atom. The first kappa shape index (κ1) is 15.1. The molecule has 1 atom stereocenters. The van der Waals surface area contributed by atoms with Crippen molar-refractivity contribution in [1.29, 1.82) is 0 Å². The third-order valence-corrected chi connectivity index (χ3v) is 3.38. The Kier molecular flexibility index (Phi) is 4.99. The van der Waals surface area contributed by atoms with Gasteiger partial charge in [-0.25, -0.2) is 0 Å². The fraction of sp³-hybridized carbons (Fsp3) is 0.278. The third kappa shape index (κ3) is 4.63. The Morgan fingerprint density at radius 1 is 1.05 bits per heavy atom.